The largest absolute Gasteiger partial charge is 0.466 e. The Morgan fingerprint density at radius 2 is 0.653 bits per heavy atom. The first-order chi connectivity index (χ1) is 35.5. The van der Waals surface area contributed by atoms with Crippen molar-refractivity contribution in [1.82, 2.24) is 5.32 Å². The molecule has 3 N–H and O–H groups in total. The van der Waals surface area contributed by atoms with Gasteiger partial charge in [0.25, 0.3) is 0 Å². The smallest absolute Gasteiger partial charge is 0.305 e. The van der Waals surface area contributed by atoms with E-state index >= 15 is 0 Å². The predicted octanol–water partition coefficient (Wildman–Crippen LogP) is 20.6. The van der Waals surface area contributed by atoms with Gasteiger partial charge < -0.3 is 20.3 Å². The van der Waals surface area contributed by atoms with Gasteiger partial charge in [0.05, 0.1) is 25.4 Å². The van der Waals surface area contributed by atoms with E-state index in [1.54, 1.807) is 0 Å². The molecule has 0 aliphatic carbocycles. The second-order valence-corrected chi connectivity index (χ2v) is 22.4. The summed E-state index contributed by atoms with van der Waals surface area (Å²) in [6.07, 6.45) is 76.2. The zero-order chi connectivity index (χ0) is 52.2. The van der Waals surface area contributed by atoms with Crippen molar-refractivity contribution in [3.8, 4) is 0 Å². The molecular weight excluding hydrogens is 887 g/mol. The molecule has 0 aliphatic heterocycles. The van der Waals surface area contributed by atoms with E-state index in [9.17, 15) is 19.8 Å². The SMILES string of the molecule is CCCCCCCCC/C=C\CCCCCCCC(=O)OCCCCCCCCCCCCC/C=C\CCCCCCCCCC(=O)NC(CO)C(O)CCCCCCCCCCCCCCCCCCC. The fraction of sp³-hybridized carbons (Fsp3) is 0.909. The fourth-order valence-electron chi connectivity index (χ4n) is 10.2. The van der Waals surface area contributed by atoms with Gasteiger partial charge in [-0.25, -0.2) is 0 Å². The van der Waals surface area contributed by atoms with Crippen LogP contribution >= 0.6 is 0 Å². The average molecular weight is 1010 g/mol. The minimum atomic E-state index is -0.669. The molecule has 0 saturated heterocycles. The summed E-state index contributed by atoms with van der Waals surface area (Å²) in [4.78, 5) is 24.6. The second kappa shape index (κ2) is 61.9. The third kappa shape index (κ3) is 57.6. The van der Waals surface area contributed by atoms with Crippen molar-refractivity contribution in [3.05, 3.63) is 24.3 Å². The van der Waals surface area contributed by atoms with Crippen LogP contribution in [0.25, 0.3) is 0 Å². The number of nitrogens with one attached hydrogen (secondary N) is 1. The van der Waals surface area contributed by atoms with E-state index in [2.05, 4.69) is 43.5 Å². The molecule has 6 heteroatoms. The van der Waals surface area contributed by atoms with E-state index < -0.39 is 12.1 Å². The van der Waals surface area contributed by atoms with E-state index in [1.165, 1.54) is 283 Å². The Bertz CT molecular complexity index is 1120. The standard InChI is InChI=1S/C66H127NO5/c1-3-5-7-9-11-13-15-17-19-27-30-34-38-42-46-50-54-58-64(69)63(62-68)67-65(70)59-55-51-47-43-39-35-31-28-25-23-21-22-24-26-29-33-37-41-45-49-53-57-61-72-66(71)60-56-52-48-44-40-36-32-20-18-16-14-12-10-8-6-4-2/h20,23,25,32,63-64,68-69H,3-19,21-22,24,26-31,33-62H2,1-2H3,(H,67,70)/b25-23-,32-20-. The number of unbranched alkanes of at least 4 members (excludes halogenated alkanes) is 46. The number of esters is 1. The molecule has 0 aromatic heterocycles. The summed E-state index contributed by atoms with van der Waals surface area (Å²) in [5, 5.41) is 23.3. The number of hydrogen-bond acceptors (Lipinski definition) is 5. The van der Waals surface area contributed by atoms with Crippen molar-refractivity contribution in [2.45, 2.75) is 373 Å². The van der Waals surface area contributed by atoms with Crippen LogP contribution < -0.4 is 5.32 Å². The zero-order valence-electron chi connectivity index (χ0n) is 48.7. The van der Waals surface area contributed by atoms with Crippen molar-refractivity contribution in [2.24, 2.45) is 0 Å². The monoisotopic (exact) mass is 1010 g/mol. The number of allylic oxidation sites excluding steroid dienone is 4. The quantitative estimate of drug-likeness (QED) is 0.0320. The number of aliphatic hydroxyl groups excluding tert-OH is 2. The van der Waals surface area contributed by atoms with Gasteiger partial charge >= 0.3 is 5.97 Å². The molecule has 6 nitrogen and oxygen atoms in total. The van der Waals surface area contributed by atoms with E-state index in [1.807, 2.05) is 0 Å². The summed E-state index contributed by atoms with van der Waals surface area (Å²) in [6, 6.07) is -0.547. The predicted molar refractivity (Wildman–Crippen MR) is 315 cm³/mol. The number of rotatable bonds is 61. The molecular formula is C66H127NO5. The molecule has 72 heavy (non-hydrogen) atoms. The van der Waals surface area contributed by atoms with Gasteiger partial charge in [0.2, 0.25) is 5.91 Å². The Hall–Kier alpha value is -1.66. The lowest BCUT2D eigenvalue weighted by Gasteiger charge is -2.22. The van der Waals surface area contributed by atoms with Crippen LogP contribution in [-0.4, -0.2) is 47.4 Å². The van der Waals surface area contributed by atoms with Gasteiger partial charge in [-0.15, -0.1) is 0 Å². The minimum Gasteiger partial charge on any atom is -0.466 e. The van der Waals surface area contributed by atoms with Crippen LogP contribution in [0.5, 0.6) is 0 Å². The van der Waals surface area contributed by atoms with E-state index in [0.29, 0.717) is 25.9 Å². The first-order valence-corrected chi connectivity index (χ1v) is 32.6. The molecule has 0 aliphatic rings. The lowest BCUT2D eigenvalue weighted by molar-refractivity contribution is -0.143. The first-order valence-electron chi connectivity index (χ1n) is 32.6. The maximum Gasteiger partial charge on any atom is 0.305 e. The first kappa shape index (κ1) is 70.3. The van der Waals surface area contributed by atoms with Crippen LogP contribution in [-0.2, 0) is 14.3 Å². The minimum absolute atomic E-state index is 0.00319. The van der Waals surface area contributed by atoms with Crippen molar-refractivity contribution in [2.75, 3.05) is 13.2 Å². The van der Waals surface area contributed by atoms with Gasteiger partial charge in [-0.3, -0.25) is 9.59 Å². The Morgan fingerprint density at radius 3 is 0.986 bits per heavy atom. The van der Waals surface area contributed by atoms with E-state index in [4.69, 9.17) is 4.74 Å². The van der Waals surface area contributed by atoms with Gasteiger partial charge in [-0.05, 0) is 77.0 Å². The number of hydrogen-bond donors (Lipinski definition) is 3. The molecule has 0 saturated carbocycles. The van der Waals surface area contributed by atoms with Crippen molar-refractivity contribution in [3.63, 3.8) is 0 Å². The van der Waals surface area contributed by atoms with Crippen molar-refractivity contribution < 1.29 is 24.5 Å². The summed E-state index contributed by atoms with van der Waals surface area (Å²) < 4.78 is 5.49. The number of ether oxygens (including phenoxy) is 1. The molecule has 0 rings (SSSR count). The van der Waals surface area contributed by atoms with E-state index in [0.717, 1.165) is 44.9 Å². The Kier molecular flexibility index (Phi) is 60.5. The second-order valence-electron chi connectivity index (χ2n) is 22.4. The average Bonchev–Trinajstić information content (AvgIpc) is 3.38. The number of carbonyl (C=O) groups excluding carboxylic acids is 2. The van der Waals surface area contributed by atoms with Gasteiger partial charge in [0, 0.05) is 12.8 Å². The van der Waals surface area contributed by atoms with Crippen molar-refractivity contribution >= 4 is 11.9 Å². The van der Waals surface area contributed by atoms with Gasteiger partial charge in [-0.2, -0.15) is 0 Å². The lowest BCUT2D eigenvalue weighted by atomic mass is 10.0. The normalized spacial score (nSPS) is 12.7. The molecule has 0 heterocycles. The number of carbonyl (C=O) groups is 2. The molecule has 0 spiro atoms. The molecule has 1 amide bonds. The maximum atomic E-state index is 12.5. The van der Waals surface area contributed by atoms with Crippen LogP contribution in [0.1, 0.15) is 361 Å². The highest BCUT2D eigenvalue weighted by atomic mass is 16.5. The Balaban J connectivity index is 3.41. The molecule has 0 radical (unpaired) electrons. The van der Waals surface area contributed by atoms with E-state index in [-0.39, 0.29) is 18.5 Å². The molecule has 2 unspecified atom stereocenters. The highest BCUT2D eigenvalue weighted by Gasteiger charge is 2.20. The molecule has 0 aromatic rings. The third-order valence-electron chi connectivity index (χ3n) is 15.2. The lowest BCUT2D eigenvalue weighted by Crippen LogP contribution is -2.45. The van der Waals surface area contributed by atoms with Gasteiger partial charge in [0.15, 0.2) is 0 Å². The van der Waals surface area contributed by atoms with Crippen LogP contribution in [0.3, 0.4) is 0 Å². The van der Waals surface area contributed by atoms with Crippen LogP contribution in [0.15, 0.2) is 24.3 Å². The Morgan fingerprint density at radius 1 is 0.375 bits per heavy atom. The summed E-state index contributed by atoms with van der Waals surface area (Å²) in [5.41, 5.74) is 0. The number of aliphatic hydroxyl groups is 2. The number of amides is 1. The molecule has 0 fully saturated rings. The zero-order valence-corrected chi connectivity index (χ0v) is 48.7. The van der Waals surface area contributed by atoms with Crippen LogP contribution in [0, 0.1) is 0 Å². The molecule has 2 atom stereocenters. The summed E-state index contributed by atoms with van der Waals surface area (Å²) >= 11 is 0. The van der Waals surface area contributed by atoms with Gasteiger partial charge in [0.1, 0.15) is 0 Å². The van der Waals surface area contributed by atoms with Gasteiger partial charge in [-0.1, -0.05) is 295 Å². The van der Waals surface area contributed by atoms with Crippen molar-refractivity contribution in [1.29, 1.82) is 0 Å². The van der Waals surface area contributed by atoms with Crippen LogP contribution in [0.2, 0.25) is 0 Å². The molecule has 0 bridgehead atoms. The molecule has 426 valence electrons. The highest BCUT2D eigenvalue weighted by Crippen LogP contribution is 2.18. The Labute approximate surface area is 450 Å². The van der Waals surface area contributed by atoms with Crippen LogP contribution in [0.4, 0.5) is 0 Å². The fourth-order valence-corrected chi connectivity index (χ4v) is 10.2. The summed E-state index contributed by atoms with van der Waals surface area (Å²) in [6.45, 7) is 4.97. The third-order valence-corrected chi connectivity index (χ3v) is 15.2. The summed E-state index contributed by atoms with van der Waals surface area (Å²) in [5.74, 6) is -0.0361. The maximum absolute atomic E-state index is 12.5. The molecule has 0 aromatic carbocycles. The highest BCUT2D eigenvalue weighted by molar-refractivity contribution is 5.76. The summed E-state index contributed by atoms with van der Waals surface area (Å²) in [7, 11) is 0. The topological polar surface area (TPSA) is 95.9 Å².